The van der Waals surface area contributed by atoms with E-state index in [2.05, 4.69) is 0 Å². The summed E-state index contributed by atoms with van der Waals surface area (Å²) in [5, 5.41) is 9.20. The van der Waals surface area contributed by atoms with Gasteiger partial charge in [0.05, 0.1) is 0 Å². The lowest BCUT2D eigenvalue weighted by Crippen LogP contribution is -2.10. The third-order valence-electron chi connectivity index (χ3n) is 1.22. The molecule has 0 saturated carbocycles. The molecule has 0 aliphatic rings. The van der Waals surface area contributed by atoms with Crippen LogP contribution in [0.15, 0.2) is 36.1 Å². The zero-order valence-corrected chi connectivity index (χ0v) is 7.99. The number of nitrogens with zero attached hydrogens (tertiary/aromatic N) is 1. The molecule has 1 N–H and O–H groups in total. The molecule has 0 aromatic carbocycles. The second-order valence-corrected chi connectivity index (χ2v) is 2.78. The summed E-state index contributed by atoms with van der Waals surface area (Å²) in [6.07, 6.45) is 8.94. The number of hydrogen-bond acceptors (Lipinski definition) is 2. The molecule has 0 rings (SSSR count). The average molecular weight is 167 g/mol. The van der Waals surface area contributed by atoms with Crippen LogP contribution < -0.4 is 0 Å². The summed E-state index contributed by atoms with van der Waals surface area (Å²) < 4.78 is 0. The number of aliphatic hydroxyl groups is 1. The molecule has 0 bridgehead atoms. The van der Waals surface area contributed by atoms with Gasteiger partial charge in [0.2, 0.25) is 0 Å². The minimum atomic E-state index is 0.287. The molecular formula is C10H17NO. The minimum Gasteiger partial charge on any atom is -0.508 e. The highest BCUT2D eigenvalue weighted by Crippen LogP contribution is 1.91. The summed E-state index contributed by atoms with van der Waals surface area (Å²) in [7, 11) is 3.97. The van der Waals surface area contributed by atoms with Crippen LogP contribution >= 0.6 is 0 Å². The van der Waals surface area contributed by atoms with E-state index in [0.717, 1.165) is 6.54 Å². The highest BCUT2D eigenvalue weighted by molar-refractivity contribution is 5.16. The van der Waals surface area contributed by atoms with Gasteiger partial charge >= 0.3 is 0 Å². The van der Waals surface area contributed by atoms with Gasteiger partial charge < -0.3 is 10.0 Å². The van der Waals surface area contributed by atoms with Crippen LogP contribution in [0, 0.1) is 0 Å². The molecule has 0 aromatic heterocycles. The maximum Gasteiger partial charge on any atom is 0.115 e. The molecule has 0 saturated heterocycles. The largest absolute Gasteiger partial charge is 0.508 e. The third-order valence-corrected chi connectivity index (χ3v) is 1.22. The van der Waals surface area contributed by atoms with Crippen molar-refractivity contribution in [1.82, 2.24) is 4.90 Å². The van der Waals surface area contributed by atoms with Crippen molar-refractivity contribution < 1.29 is 5.11 Å². The van der Waals surface area contributed by atoms with Gasteiger partial charge in [-0.1, -0.05) is 18.2 Å². The molecule has 0 unspecified atom stereocenters. The van der Waals surface area contributed by atoms with Crippen molar-refractivity contribution in [2.75, 3.05) is 20.6 Å². The van der Waals surface area contributed by atoms with Crippen LogP contribution in [0.3, 0.4) is 0 Å². The first-order valence-electron chi connectivity index (χ1n) is 4.00. The summed E-state index contributed by atoms with van der Waals surface area (Å²) >= 11 is 0. The molecule has 0 fully saturated rings. The van der Waals surface area contributed by atoms with Crippen LogP contribution in [0.2, 0.25) is 0 Å². The van der Waals surface area contributed by atoms with Gasteiger partial charge in [-0.3, -0.25) is 0 Å². The summed E-state index contributed by atoms with van der Waals surface area (Å²) in [5.74, 6) is 0.287. The van der Waals surface area contributed by atoms with Crippen molar-refractivity contribution in [1.29, 1.82) is 0 Å². The van der Waals surface area contributed by atoms with E-state index in [-0.39, 0.29) is 5.76 Å². The average Bonchev–Trinajstić information content (AvgIpc) is 2.00. The van der Waals surface area contributed by atoms with E-state index in [0.29, 0.717) is 0 Å². The highest BCUT2D eigenvalue weighted by Gasteiger charge is 1.83. The van der Waals surface area contributed by atoms with Gasteiger partial charge in [0.15, 0.2) is 0 Å². The van der Waals surface area contributed by atoms with Crippen molar-refractivity contribution in [3.05, 3.63) is 36.1 Å². The monoisotopic (exact) mass is 167 g/mol. The molecule has 68 valence electrons. The zero-order valence-electron chi connectivity index (χ0n) is 7.99. The number of rotatable bonds is 4. The van der Waals surface area contributed by atoms with Gasteiger partial charge in [0, 0.05) is 6.54 Å². The van der Waals surface area contributed by atoms with Gasteiger partial charge in [0.1, 0.15) is 5.76 Å². The van der Waals surface area contributed by atoms with E-state index < -0.39 is 0 Å². The maximum absolute atomic E-state index is 9.20. The Morgan fingerprint density at radius 2 is 2.08 bits per heavy atom. The number of likely N-dealkylation sites (N-methyl/N-ethyl adjacent to an activating group) is 1. The van der Waals surface area contributed by atoms with E-state index in [4.69, 9.17) is 0 Å². The lowest BCUT2D eigenvalue weighted by atomic mass is 10.3. The molecule has 0 radical (unpaired) electrons. The highest BCUT2D eigenvalue weighted by atomic mass is 16.3. The molecule has 0 heterocycles. The van der Waals surface area contributed by atoms with E-state index in [1.54, 1.807) is 18.2 Å². The third kappa shape index (κ3) is 7.09. The van der Waals surface area contributed by atoms with Crippen LogP contribution in [-0.2, 0) is 0 Å². The van der Waals surface area contributed by atoms with Crippen LogP contribution in [0.4, 0.5) is 0 Å². The van der Waals surface area contributed by atoms with Gasteiger partial charge in [-0.15, -0.1) is 0 Å². The lowest BCUT2D eigenvalue weighted by molar-refractivity contribution is 0.428. The van der Waals surface area contributed by atoms with E-state index in [9.17, 15) is 5.11 Å². The molecule has 0 aliphatic heterocycles. The van der Waals surface area contributed by atoms with Gasteiger partial charge in [-0.2, -0.15) is 0 Å². The first-order chi connectivity index (χ1) is 5.66. The number of hydrogen-bond donors (Lipinski definition) is 1. The van der Waals surface area contributed by atoms with E-state index in [1.807, 2.05) is 38.1 Å². The SMILES string of the molecule is C/C=C/C=C(O)\C=C/CN(C)C. The van der Waals surface area contributed by atoms with Crippen molar-refractivity contribution >= 4 is 0 Å². The molecule has 0 aliphatic carbocycles. The Morgan fingerprint density at radius 1 is 1.42 bits per heavy atom. The Bertz CT molecular complexity index is 190. The summed E-state index contributed by atoms with van der Waals surface area (Å²) in [6, 6.07) is 0. The Balaban J connectivity index is 3.82. The Kier molecular flexibility index (Phi) is 6.11. The van der Waals surface area contributed by atoms with E-state index >= 15 is 0 Å². The second-order valence-electron chi connectivity index (χ2n) is 2.78. The Hall–Kier alpha value is -1.02. The normalized spacial score (nSPS) is 13.8. The minimum absolute atomic E-state index is 0.287. The summed E-state index contributed by atoms with van der Waals surface area (Å²) in [4.78, 5) is 2.03. The summed E-state index contributed by atoms with van der Waals surface area (Å²) in [6.45, 7) is 2.75. The van der Waals surface area contributed by atoms with Crippen molar-refractivity contribution in [3.63, 3.8) is 0 Å². The zero-order chi connectivity index (χ0) is 9.40. The molecule has 0 amide bonds. The quantitative estimate of drug-likeness (QED) is 0.512. The topological polar surface area (TPSA) is 23.5 Å². The van der Waals surface area contributed by atoms with Gasteiger partial charge in [-0.05, 0) is 33.2 Å². The second kappa shape index (κ2) is 6.68. The Morgan fingerprint density at radius 3 is 2.58 bits per heavy atom. The molecule has 0 atom stereocenters. The fourth-order valence-corrected chi connectivity index (χ4v) is 0.635. The maximum atomic E-state index is 9.20. The van der Waals surface area contributed by atoms with Crippen LogP contribution in [0.1, 0.15) is 6.92 Å². The van der Waals surface area contributed by atoms with Crippen LogP contribution in [-0.4, -0.2) is 30.6 Å². The molecule has 2 heteroatoms. The molecule has 0 aromatic rings. The van der Waals surface area contributed by atoms with Crippen molar-refractivity contribution in [2.24, 2.45) is 0 Å². The smallest absolute Gasteiger partial charge is 0.115 e. The van der Waals surface area contributed by atoms with Crippen molar-refractivity contribution in [3.8, 4) is 0 Å². The molecule has 0 spiro atoms. The first kappa shape index (κ1) is 11.0. The number of aliphatic hydroxyl groups excluding tert-OH is 1. The molecule has 12 heavy (non-hydrogen) atoms. The standard InChI is InChI=1S/C10H17NO/c1-4-5-7-10(12)8-6-9-11(2)3/h4-8,12H,9H2,1-3H3/b5-4+,8-6-,10-7+. The van der Waals surface area contributed by atoms with Crippen LogP contribution in [0.5, 0.6) is 0 Å². The van der Waals surface area contributed by atoms with Gasteiger partial charge in [-0.25, -0.2) is 0 Å². The predicted molar refractivity (Wildman–Crippen MR) is 53.2 cm³/mol. The number of allylic oxidation sites excluding steroid dienone is 4. The lowest BCUT2D eigenvalue weighted by Gasteiger charge is -2.02. The first-order valence-corrected chi connectivity index (χ1v) is 4.00. The van der Waals surface area contributed by atoms with E-state index in [1.165, 1.54) is 0 Å². The van der Waals surface area contributed by atoms with Crippen LogP contribution in [0.25, 0.3) is 0 Å². The molecule has 2 nitrogen and oxygen atoms in total. The van der Waals surface area contributed by atoms with Crippen molar-refractivity contribution in [2.45, 2.75) is 6.92 Å². The summed E-state index contributed by atoms with van der Waals surface area (Å²) in [5.41, 5.74) is 0. The molecular weight excluding hydrogens is 150 g/mol. The Labute approximate surface area is 74.5 Å². The fraction of sp³-hybridized carbons (Fsp3) is 0.400. The predicted octanol–water partition coefficient (Wildman–Crippen LogP) is 2.12. The fourth-order valence-electron chi connectivity index (χ4n) is 0.635. The van der Waals surface area contributed by atoms with Gasteiger partial charge in [0.25, 0.3) is 0 Å².